The van der Waals surface area contributed by atoms with Crippen molar-refractivity contribution in [3.05, 3.63) is 22.4 Å². The van der Waals surface area contributed by atoms with Crippen LogP contribution in [0.2, 0.25) is 0 Å². The minimum absolute atomic E-state index is 0.175. The van der Waals surface area contributed by atoms with Gasteiger partial charge in [-0.3, -0.25) is 15.3 Å². The molecule has 1 atom stereocenters. The van der Waals surface area contributed by atoms with Gasteiger partial charge in [-0.25, -0.2) is 0 Å². The number of carbonyl (C=O) groups is 2. The summed E-state index contributed by atoms with van der Waals surface area (Å²) in [6.07, 6.45) is -1.06. The Hall–Kier alpha value is -1.36. The highest BCUT2D eigenvalue weighted by Gasteiger charge is 2.19. The molecule has 12 heavy (non-hydrogen) atoms. The van der Waals surface area contributed by atoms with E-state index in [0.717, 1.165) is 0 Å². The van der Waals surface area contributed by atoms with Crippen LogP contribution < -0.4 is 5.73 Å². The van der Waals surface area contributed by atoms with Gasteiger partial charge in [-0.2, -0.15) is 11.3 Å². The fourth-order valence-electron chi connectivity index (χ4n) is 0.771. The Morgan fingerprint density at radius 2 is 2.50 bits per heavy atom. The predicted molar refractivity (Wildman–Crippen MR) is 42.3 cm³/mol. The topological polar surface area (TPSA) is 67.2 Å². The van der Waals surface area contributed by atoms with Gasteiger partial charge in [0.25, 0.3) is 12.4 Å². The minimum atomic E-state index is -1.06. The molecule has 1 aromatic heterocycles. The first kappa shape index (κ1) is 8.73. The molecule has 0 aromatic carbocycles. The maximum atomic E-state index is 10.6. The number of hydrogen-bond donors (Lipinski definition) is 0. The van der Waals surface area contributed by atoms with Crippen LogP contribution >= 0.6 is 11.3 Å². The van der Waals surface area contributed by atoms with Gasteiger partial charge in [0.05, 0.1) is 0 Å². The summed E-state index contributed by atoms with van der Waals surface area (Å²) in [4.78, 5) is 20.6. The van der Waals surface area contributed by atoms with Crippen LogP contribution in [-0.2, 0) is 14.3 Å². The lowest BCUT2D eigenvalue weighted by atomic mass is 10.2. The molecule has 1 unspecified atom stereocenters. The zero-order valence-electron chi connectivity index (χ0n) is 6.02. The van der Waals surface area contributed by atoms with Gasteiger partial charge in [-0.15, -0.1) is 0 Å². The highest BCUT2D eigenvalue weighted by molar-refractivity contribution is 7.08. The maximum absolute atomic E-state index is 10.6. The smallest absolute Gasteiger partial charge is 0.294 e. The van der Waals surface area contributed by atoms with Gasteiger partial charge < -0.3 is 4.74 Å². The molecule has 1 radical (unpaired) electrons. The first-order valence-electron chi connectivity index (χ1n) is 3.12. The predicted octanol–water partition coefficient (Wildman–Crippen LogP) is 0.772. The highest BCUT2D eigenvalue weighted by Crippen LogP contribution is 2.19. The number of ether oxygens (including phenoxy) is 1. The molecule has 5 heteroatoms. The Morgan fingerprint density at radius 3 is 2.92 bits per heavy atom. The van der Waals surface area contributed by atoms with E-state index in [0.29, 0.717) is 5.56 Å². The van der Waals surface area contributed by atoms with Crippen molar-refractivity contribution < 1.29 is 14.3 Å². The Kier molecular flexibility index (Phi) is 2.82. The summed E-state index contributed by atoms with van der Waals surface area (Å²) in [6.45, 7) is 0.175. The Labute approximate surface area is 72.9 Å². The lowest BCUT2D eigenvalue weighted by Crippen LogP contribution is -2.15. The fourth-order valence-corrected chi connectivity index (χ4v) is 1.45. The van der Waals surface area contributed by atoms with Gasteiger partial charge in [-0.05, 0) is 16.8 Å². The number of nitrogens with one attached hydrogen (secondary N) is 1. The van der Waals surface area contributed by atoms with E-state index in [4.69, 9.17) is 5.73 Å². The van der Waals surface area contributed by atoms with E-state index in [9.17, 15) is 9.59 Å². The molecule has 0 bridgehead atoms. The zero-order chi connectivity index (χ0) is 8.97. The Bertz CT molecular complexity index is 270. The molecule has 0 aliphatic carbocycles. The Morgan fingerprint density at radius 1 is 1.75 bits per heavy atom. The maximum Gasteiger partial charge on any atom is 0.294 e. The summed E-state index contributed by atoms with van der Waals surface area (Å²) < 4.78 is 4.44. The first-order chi connectivity index (χ1) is 5.75. The van der Waals surface area contributed by atoms with Crippen molar-refractivity contribution in [2.24, 2.45) is 0 Å². The van der Waals surface area contributed by atoms with Crippen molar-refractivity contribution in [3.8, 4) is 0 Å². The molecular formula is C7H6NO3S. The van der Waals surface area contributed by atoms with E-state index in [2.05, 4.69) is 4.74 Å². The molecule has 1 amide bonds. The molecule has 0 aliphatic rings. The third kappa shape index (κ3) is 1.82. The summed E-state index contributed by atoms with van der Waals surface area (Å²) in [5.41, 5.74) is 7.34. The monoisotopic (exact) mass is 184 g/mol. The largest absolute Gasteiger partial charge is 0.449 e. The van der Waals surface area contributed by atoms with Crippen LogP contribution in [0.4, 0.5) is 0 Å². The van der Waals surface area contributed by atoms with Gasteiger partial charge in [0.2, 0.25) is 6.10 Å². The molecule has 0 saturated heterocycles. The SMILES string of the molecule is [NH]C(=O)C(OC=O)c1ccsc1. The second kappa shape index (κ2) is 3.87. The lowest BCUT2D eigenvalue weighted by molar-refractivity contribution is -0.144. The quantitative estimate of drug-likeness (QED) is 0.649. The van der Waals surface area contributed by atoms with Crippen molar-refractivity contribution >= 4 is 23.7 Å². The summed E-state index contributed by atoms with van der Waals surface area (Å²) in [6, 6.07) is 1.64. The Balaban J connectivity index is 2.80. The lowest BCUT2D eigenvalue weighted by Gasteiger charge is -2.07. The normalized spacial score (nSPS) is 12.0. The molecule has 0 fully saturated rings. The summed E-state index contributed by atoms with van der Waals surface area (Å²) >= 11 is 1.38. The van der Waals surface area contributed by atoms with E-state index in [1.807, 2.05) is 0 Å². The summed E-state index contributed by atoms with van der Waals surface area (Å²) in [7, 11) is 0. The molecule has 0 spiro atoms. The molecule has 63 valence electrons. The summed E-state index contributed by atoms with van der Waals surface area (Å²) in [5.74, 6) is -0.916. The van der Waals surface area contributed by atoms with E-state index >= 15 is 0 Å². The molecule has 4 nitrogen and oxygen atoms in total. The zero-order valence-corrected chi connectivity index (χ0v) is 6.84. The molecule has 1 heterocycles. The van der Waals surface area contributed by atoms with Crippen molar-refractivity contribution in [1.82, 2.24) is 5.73 Å². The van der Waals surface area contributed by atoms with E-state index < -0.39 is 12.0 Å². The molecular weight excluding hydrogens is 178 g/mol. The third-order valence-corrected chi connectivity index (χ3v) is 1.98. The second-order valence-electron chi connectivity index (χ2n) is 2.03. The van der Waals surface area contributed by atoms with Crippen molar-refractivity contribution in [2.75, 3.05) is 0 Å². The molecule has 1 N–H and O–H groups in total. The second-order valence-corrected chi connectivity index (χ2v) is 2.81. The van der Waals surface area contributed by atoms with Crippen LogP contribution in [0.15, 0.2) is 16.8 Å². The number of thiophene rings is 1. The molecule has 1 aromatic rings. The molecule has 1 rings (SSSR count). The van der Waals surface area contributed by atoms with Gasteiger partial charge in [0, 0.05) is 5.56 Å². The van der Waals surface area contributed by atoms with Gasteiger partial charge in [0.1, 0.15) is 0 Å². The van der Waals surface area contributed by atoms with Gasteiger partial charge >= 0.3 is 0 Å². The highest BCUT2D eigenvalue weighted by atomic mass is 32.1. The van der Waals surface area contributed by atoms with Crippen molar-refractivity contribution in [3.63, 3.8) is 0 Å². The number of rotatable bonds is 4. The molecule has 0 aliphatic heterocycles. The number of amides is 1. The fraction of sp³-hybridized carbons (Fsp3) is 0.143. The van der Waals surface area contributed by atoms with E-state index in [-0.39, 0.29) is 6.47 Å². The molecule has 0 saturated carbocycles. The average molecular weight is 184 g/mol. The standard InChI is InChI=1S/C7H6NO3S/c8-7(10)6(11-4-9)5-1-2-12-3-5/h1-4,6,8H. The first-order valence-corrected chi connectivity index (χ1v) is 4.06. The average Bonchev–Trinajstić information content (AvgIpc) is 2.51. The van der Waals surface area contributed by atoms with Crippen molar-refractivity contribution in [1.29, 1.82) is 0 Å². The van der Waals surface area contributed by atoms with Crippen LogP contribution in [0.3, 0.4) is 0 Å². The van der Waals surface area contributed by atoms with E-state index in [1.165, 1.54) is 11.3 Å². The van der Waals surface area contributed by atoms with E-state index in [1.54, 1.807) is 16.8 Å². The number of carbonyl (C=O) groups excluding carboxylic acids is 2. The number of hydrogen-bond acceptors (Lipinski definition) is 4. The van der Waals surface area contributed by atoms with Gasteiger partial charge in [-0.1, -0.05) is 0 Å². The minimum Gasteiger partial charge on any atom is -0.449 e. The van der Waals surface area contributed by atoms with Crippen molar-refractivity contribution in [2.45, 2.75) is 6.10 Å². The van der Waals surface area contributed by atoms with Crippen LogP contribution in [0.1, 0.15) is 11.7 Å². The van der Waals surface area contributed by atoms with Gasteiger partial charge in [0.15, 0.2) is 0 Å². The summed E-state index contributed by atoms with van der Waals surface area (Å²) in [5, 5.41) is 3.42. The van der Waals surface area contributed by atoms with Crippen LogP contribution in [0, 0.1) is 0 Å². The van der Waals surface area contributed by atoms with Crippen LogP contribution in [0.25, 0.3) is 0 Å². The van der Waals surface area contributed by atoms with Crippen LogP contribution in [-0.4, -0.2) is 12.4 Å². The third-order valence-electron chi connectivity index (χ3n) is 1.28. The van der Waals surface area contributed by atoms with Crippen LogP contribution in [0.5, 0.6) is 0 Å².